The first kappa shape index (κ1) is 22.8. The molecule has 0 aliphatic carbocycles. The van der Waals surface area contributed by atoms with E-state index in [2.05, 4.69) is 65.4 Å². The van der Waals surface area contributed by atoms with Crippen LogP contribution in [0.5, 0.6) is 0 Å². The predicted octanol–water partition coefficient (Wildman–Crippen LogP) is 5.36. The molecule has 1 N–H and O–H groups in total. The third-order valence-corrected chi connectivity index (χ3v) is 7.07. The quantitative estimate of drug-likeness (QED) is 0.625. The maximum absolute atomic E-state index is 12.9. The van der Waals surface area contributed by atoms with Crippen LogP contribution in [0, 0.1) is 13.8 Å². The van der Waals surface area contributed by atoms with Gasteiger partial charge in [-0.3, -0.25) is 9.69 Å². The van der Waals surface area contributed by atoms with Gasteiger partial charge >= 0.3 is 0 Å². The van der Waals surface area contributed by atoms with Crippen LogP contribution in [0.1, 0.15) is 54.4 Å². The lowest BCUT2D eigenvalue weighted by molar-refractivity contribution is -0.117. The summed E-state index contributed by atoms with van der Waals surface area (Å²) in [7, 11) is 0. The zero-order valence-corrected chi connectivity index (χ0v) is 19.6. The summed E-state index contributed by atoms with van der Waals surface area (Å²) in [6.45, 7) is 9.21. The third kappa shape index (κ3) is 5.87. The van der Waals surface area contributed by atoms with E-state index in [-0.39, 0.29) is 5.91 Å². The van der Waals surface area contributed by atoms with Gasteiger partial charge in [0, 0.05) is 24.8 Å². The number of aryl methyl sites for hydroxylation is 1. The summed E-state index contributed by atoms with van der Waals surface area (Å²) in [5.74, 6) is 0.0943. The van der Waals surface area contributed by atoms with Crippen LogP contribution in [0.2, 0.25) is 0 Å². The summed E-state index contributed by atoms with van der Waals surface area (Å²) in [6.07, 6.45) is 10.7. The number of hydrogen-bond donors (Lipinski definition) is 1. The Morgan fingerprint density at radius 2 is 1.66 bits per heavy atom. The normalized spacial score (nSPS) is 18.8. The summed E-state index contributed by atoms with van der Waals surface area (Å²) in [5.41, 5.74) is 5.49. The van der Waals surface area contributed by atoms with Gasteiger partial charge in [-0.25, -0.2) is 0 Å². The Hall–Kier alpha value is -2.43. The van der Waals surface area contributed by atoms with Crippen molar-refractivity contribution in [3.63, 3.8) is 0 Å². The molecule has 2 saturated heterocycles. The molecule has 1 amide bonds. The van der Waals surface area contributed by atoms with Crippen LogP contribution in [0.25, 0.3) is 12.2 Å². The molecule has 2 aliphatic heterocycles. The van der Waals surface area contributed by atoms with Gasteiger partial charge < -0.3 is 10.2 Å². The second-order valence-corrected chi connectivity index (χ2v) is 9.37. The number of benzene rings is 2. The molecule has 0 atom stereocenters. The second-order valence-electron chi connectivity index (χ2n) is 9.37. The lowest BCUT2D eigenvalue weighted by atomic mass is 10.00. The topological polar surface area (TPSA) is 35.6 Å². The number of piperidine rings is 2. The van der Waals surface area contributed by atoms with Crippen molar-refractivity contribution in [1.29, 1.82) is 0 Å². The van der Waals surface area contributed by atoms with Crippen molar-refractivity contribution in [1.82, 2.24) is 9.80 Å². The fourth-order valence-corrected chi connectivity index (χ4v) is 5.09. The largest absolute Gasteiger partial charge is 0.324 e. The number of likely N-dealkylation sites (tertiary alicyclic amines) is 2. The molecule has 4 rings (SSSR count). The average Bonchev–Trinajstić information content (AvgIpc) is 2.83. The van der Waals surface area contributed by atoms with Gasteiger partial charge in [0.2, 0.25) is 5.91 Å². The Kier molecular flexibility index (Phi) is 7.77. The standard InChI is InChI=1S/C28H37N3O/c1-22-11-13-25(14-12-24-9-5-3-6-10-24)23(2)28(22)29-27(32)21-30-19-15-26(16-20-30)31-17-7-4-8-18-31/h3,5-6,9-14,26H,4,7-8,15-21H2,1-2H3,(H,29,32)/b14-12+. The van der Waals surface area contributed by atoms with Crippen molar-refractivity contribution in [2.75, 3.05) is 38.0 Å². The molecule has 2 heterocycles. The monoisotopic (exact) mass is 431 g/mol. The molecule has 2 aromatic carbocycles. The molecular formula is C28H37N3O. The summed E-state index contributed by atoms with van der Waals surface area (Å²) < 4.78 is 0. The highest BCUT2D eigenvalue weighted by atomic mass is 16.2. The smallest absolute Gasteiger partial charge is 0.238 e. The van der Waals surface area contributed by atoms with Crippen molar-refractivity contribution in [2.24, 2.45) is 0 Å². The van der Waals surface area contributed by atoms with Crippen LogP contribution in [-0.2, 0) is 4.79 Å². The summed E-state index contributed by atoms with van der Waals surface area (Å²) in [6, 6.07) is 15.2. The van der Waals surface area contributed by atoms with Gasteiger partial charge in [0.15, 0.2) is 0 Å². The van der Waals surface area contributed by atoms with E-state index in [4.69, 9.17) is 0 Å². The van der Waals surface area contributed by atoms with E-state index in [0.717, 1.165) is 35.5 Å². The summed E-state index contributed by atoms with van der Waals surface area (Å²) in [5, 5.41) is 3.21. The molecule has 32 heavy (non-hydrogen) atoms. The van der Waals surface area contributed by atoms with Crippen molar-refractivity contribution >= 4 is 23.7 Å². The van der Waals surface area contributed by atoms with Crippen LogP contribution in [-0.4, -0.2) is 54.5 Å². The Balaban J connectivity index is 1.33. The van der Waals surface area contributed by atoms with Gasteiger partial charge in [0.1, 0.15) is 0 Å². The van der Waals surface area contributed by atoms with Crippen molar-refractivity contribution in [2.45, 2.75) is 52.0 Å². The maximum atomic E-state index is 12.9. The van der Waals surface area contributed by atoms with Gasteiger partial charge in [-0.2, -0.15) is 0 Å². The molecule has 2 aliphatic rings. The number of amides is 1. The average molecular weight is 432 g/mol. The fraction of sp³-hybridized carbons (Fsp3) is 0.464. The van der Waals surface area contributed by atoms with E-state index in [1.54, 1.807) is 0 Å². The predicted molar refractivity (Wildman–Crippen MR) is 135 cm³/mol. The third-order valence-electron chi connectivity index (χ3n) is 7.07. The molecule has 2 aromatic rings. The summed E-state index contributed by atoms with van der Waals surface area (Å²) in [4.78, 5) is 17.9. The van der Waals surface area contributed by atoms with Gasteiger partial charge in [-0.15, -0.1) is 0 Å². The van der Waals surface area contributed by atoms with Gasteiger partial charge in [0.05, 0.1) is 6.54 Å². The maximum Gasteiger partial charge on any atom is 0.238 e. The minimum Gasteiger partial charge on any atom is -0.324 e. The fourth-order valence-electron chi connectivity index (χ4n) is 5.09. The molecule has 0 unspecified atom stereocenters. The van der Waals surface area contributed by atoms with Crippen molar-refractivity contribution in [3.05, 3.63) is 64.7 Å². The van der Waals surface area contributed by atoms with Gasteiger partial charge in [-0.05, 0) is 74.9 Å². The first-order chi connectivity index (χ1) is 15.6. The molecule has 0 saturated carbocycles. The molecule has 4 heteroatoms. The highest BCUT2D eigenvalue weighted by molar-refractivity contribution is 5.94. The molecule has 170 valence electrons. The van der Waals surface area contributed by atoms with Crippen LogP contribution in [0.3, 0.4) is 0 Å². The van der Waals surface area contributed by atoms with E-state index in [9.17, 15) is 4.79 Å². The van der Waals surface area contributed by atoms with Crippen LogP contribution < -0.4 is 5.32 Å². The molecule has 4 nitrogen and oxygen atoms in total. The Labute approximate surface area is 193 Å². The molecule has 2 fully saturated rings. The van der Waals surface area contributed by atoms with Crippen molar-refractivity contribution < 1.29 is 4.79 Å². The second kappa shape index (κ2) is 10.9. The lowest BCUT2D eigenvalue weighted by Gasteiger charge is -2.40. The highest BCUT2D eigenvalue weighted by Gasteiger charge is 2.26. The molecule has 0 bridgehead atoms. The molecular weight excluding hydrogens is 394 g/mol. The van der Waals surface area contributed by atoms with Gasteiger partial charge in [0.25, 0.3) is 0 Å². The van der Waals surface area contributed by atoms with E-state index < -0.39 is 0 Å². The van der Waals surface area contributed by atoms with Gasteiger partial charge in [-0.1, -0.05) is 61.0 Å². The highest BCUT2D eigenvalue weighted by Crippen LogP contribution is 2.26. The van der Waals surface area contributed by atoms with E-state index in [1.165, 1.54) is 50.8 Å². The number of nitrogens with zero attached hydrogens (tertiary/aromatic N) is 2. The molecule has 0 spiro atoms. The SMILES string of the molecule is Cc1ccc(/C=C/c2ccccc2)c(C)c1NC(=O)CN1CCC(N2CCCCC2)CC1. The molecule has 0 aromatic heterocycles. The Bertz CT molecular complexity index is 923. The number of hydrogen-bond acceptors (Lipinski definition) is 3. The number of rotatable bonds is 6. The Morgan fingerprint density at radius 1 is 0.938 bits per heavy atom. The Morgan fingerprint density at radius 3 is 2.38 bits per heavy atom. The number of anilines is 1. The number of carbonyl (C=O) groups is 1. The minimum absolute atomic E-state index is 0.0943. The van der Waals surface area contributed by atoms with Crippen molar-refractivity contribution in [3.8, 4) is 0 Å². The summed E-state index contributed by atoms with van der Waals surface area (Å²) >= 11 is 0. The number of nitrogens with one attached hydrogen (secondary N) is 1. The van der Waals surface area contributed by atoms with Crippen LogP contribution in [0.4, 0.5) is 5.69 Å². The van der Waals surface area contributed by atoms with E-state index in [0.29, 0.717) is 12.6 Å². The zero-order chi connectivity index (χ0) is 22.3. The lowest BCUT2D eigenvalue weighted by Crippen LogP contribution is -2.48. The van der Waals surface area contributed by atoms with E-state index >= 15 is 0 Å². The first-order valence-corrected chi connectivity index (χ1v) is 12.2. The number of carbonyl (C=O) groups excluding carboxylic acids is 1. The van der Waals surface area contributed by atoms with Crippen LogP contribution in [0.15, 0.2) is 42.5 Å². The minimum atomic E-state index is 0.0943. The van der Waals surface area contributed by atoms with E-state index in [1.807, 2.05) is 18.2 Å². The van der Waals surface area contributed by atoms with Crippen LogP contribution >= 0.6 is 0 Å². The first-order valence-electron chi connectivity index (χ1n) is 12.2. The molecule has 0 radical (unpaired) electrons. The zero-order valence-electron chi connectivity index (χ0n) is 19.6.